The maximum atomic E-state index is 12.6. The Morgan fingerprint density at radius 1 is 1.26 bits per heavy atom. The molecule has 0 aliphatic carbocycles. The number of urea groups is 1. The zero-order valence-electron chi connectivity index (χ0n) is 15.0. The highest BCUT2D eigenvalue weighted by Crippen LogP contribution is 2.27. The van der Waals surface area contributed by atoms with Crippen molar-refractivity contribution >= 4 is 35.3 Å². The third-order valence-electron chi connectivity index (χ3n) is 4.85. The number of imide groups is 1. The van der Waals surface area contributed by atoms with E-state index in [-0.39, 0.29) is 18.5 Å². The molecule has 0 radical (unpaired) electrons. The van der Waals surface area contributed by atoms with Crippen molar-refractivity contribution in [1.29, 1.82) is 0 Å². The molecule has 4 amide bonds. The van der Waals surface area contributed by atoms with Gasteiger partial charge in [0.1, 0.15) is 18.0 Å². The number of ether oxygens (including phenoxy) is 1. The Kier molecular flexibility index (Phi) is 3.83. The number of carbonyl (C=O) groups excluding carboxylic acids is 3. The van der Waals surface area contributed by atoms with E-state index in [0.29, 0.717) is 30.6 Å². The molecule has 140 valence electrons. The second-order valence-electron chi connectivity index (χ2n) is 6.51. The van der Waals surface area contributed by atoms with Crippen LogP contribution in [0.15, 0.2) is 29.3 Å². The first-order valence-electron chi connectivity index (χ1n) is 8.44. The molecule has 0 bridgehead atoms. The lowest BCUT2D eigenvalue weighted by Gasteiger charge is -2.31. The minimum atomic E-state index is -0.573. The number of rotatable bonds is 4. The number of amidine groups is 1. The largest absolute Gasteiger partial charge is 0.484 e. The molecule has 1 aromatic carbocycles. The fourth-order valence-electron chi connectivity index (χ4n) is 3.46. The first-order valence-corrected chi connectivity index (χ1v) is 8.44. The number of primary amides is 1. The van der Waals surface area contributed by atoms with Gasteiger partial charge in [-0.2, -0.15) is 0 Å². The van der Waals surface area contributed by atoms with Crippen molar-refractivity contribution in [2.45, 2.75) is 6.04 Å². The Morgan fingerprint density at radius 2 is 1.96 bits per heavy atom. The van der Waals surface area contributed by atoms with Gasteiger partial charge in [0, 0.05) is 14.1 Å². The maximum Gasteiger partial charge on any atom is 0.397 e. The number of fused-ring (bicyclic) bond motifs is 2. The number of benzene rings is 1. The summed E-state index contributed by atoms with van der Waals surface area (Å²) in [4.78, 5) is 44.6. The molecule has 1 saturated heterocycles. The third kappa shape index (κ3) is 2.60. The summed E-state index contributed by atoms with van der Waals surface area (Å²) >= 11 is 0. The van der Waals surface area contributed by atoms with Gasteiger partial charge in [-0.15, -0.1) is 0 Å². The number of amides is 4. The lowest BCUT2D eigenvalue weighted by Crippen LogP contribution is -2.61. The molecule has 10 nitrogen and oxygen atoms in total. The zero-order valence-corrected chi connectivity index (χ0v) is 15.0. The summed E-state index contributed by atoms with van der Waals surface area (Å²) in [5, 5.41) is 0. The predicted molar refractivity (Wildman–Crippen MR) is 95.8 cm³/mol. The molecule has 3 heterocycles. The monoisotopic (exact) mass is 371 g/mol. The van der Waals surface area contributed by atoms with Crippen LogP contribution in [0.1, 0.15) is 0 Å². The lowest BCUT2D eigenvalue weighted by molar-refractivity contribution is -0.525. The van der Waals surface area contributed by atoms with Gasteiger partial charge in [0.2, 0.25) is 11.9 Å². The fourth-order valence-corrected chi connectivity index (χ4v) is 3.46. The van der Waals surface area contributed by atoms with Gasteiger partial charge >= 0.3 is 12.0 Å². The second kappa shape index (κ2) is 6.08. The van der Waals surface area contributed by atoms with Crippen LogP contribution in [-0.2, 0) is 9.59 Å². The van der Waals surface area contributed by atoms with Gasteiger partial charge in [0.15, 0.2) is 6.61 Å². The molecular weight excluding hydrogens is 352 g/mol. The summed E-state index contributed by atoms with van der Waals surface area (Å²) in [6, 6.07) is 6.21. The predicted octanol–water partition coefficient (Wildman–Crippen LogP) is -0.956. The Labute approximate surface area is 155 Å². The summed E-state index contributed by atoms with van der Waals surface area (Å²) < 4.78 is 7.18. The van der Waals surface area contributed by atoms with Crippen LogP contribution < -0.4 is 15.4 Å². The van der Waals surface area contributed by atoms with Gasteiger partial charge in [0.25, 0.3) is 11.8 Å². The number of nitrogens with two attached hydrogens (primary N) is 1. The van der Waals surface area contributed by atoms with E-state index < -0.39 is 11.9 Å². The molecule has 3 aliphatic heterocycles. The number of aliphatic imine (C=N–C) groups is 1. The minimum Gasteiger partial charge on any atom is -0.484 e. The molecule has 0 aromatic heterocycles. The van der Waals surface area contributed by atoms with Crippen molar-refractivity contribution in [3.8, 4) is 5.75 Å². The molecule has 1 aromatic rings. The van der Waals surface area contributed by atoms with E-state index in [1.165, 1.54) is 11.9 Å². The number of guanidine groups is 1. The molecule has 1 unspecified atom stereocenters. The Bertz CT molecular complexity index is 907. The molecule has 10 heteroatoms. The number of anilines is 1. The lowest BCUT2D eigenvalue weighted by atomic mass is 10.1. The number of likely N-dealkylation sites (N-methyl/N-ethyl adjacent to an activating group) is 2. The Hall–Kier alpha value is -3.43. The number of nitrogens with zero attached hydrogens (tertiary/aromatic N) is 5. The van der Waals surface area contributed by atoms with Crippen molar-refractivity contribution in [3.63, 3.8) is 0 Å². The van der Waals surface area contributed by atoms with E-state index in [9.17, 15) is 14.4 Å². The van der Waals surface area contributed by atoms with E-state index in [1.807, 2.05) is 21.6 Å². The van der Waals surface area contributed by atoms with E-state index in [4.69, 9.17) is 10.5 Å². The van der Waals surface area contributed by atoms with Gasteiger partial charge in [-0.05, 0) is 24.3 Å². The average molecular weight is 371 g/mol. The van der Waals surface area contributed by atoms with Crippen molar-refractivity contribution in [2.24, 2.45) is 10.7 Å². The van der Waals surface area contributed by atoms with Gasteiger partial charge < -0.3 is 10.5 Å². The molecular formula is C17H19N6O4+. The van der Waals surface area contributed by atoms with Crippen LogP contribution in [0, 0.1) is 0 Å². The van der Waals surface area contributed by atoms with Crippen LogP contribution in [0.4, 0.5) is 10.5 Å². The summed E-state index contributed by atoms with van der Waals surface area (Å²) in [6.07, 6.45) is 0. The van der Waals surface area contributed by atoms with E-state index >= 15 is 0 Å². The van der Waals surface area contributed by atoms with E-state index in [1.54, 1.807) is 19.2 Å². The number of carbonyl (C=O) groups is 3. The molecule has 1 atom stereocenters. The van der Waals surface area contributed by atoms with Crippen LogP contribution in [0.2, 0.25) is 0 Å². The van der Waals surface area contributed by atoms with Gasteiger partial charge in [-0.25, -0.2) is 14.3 Å². The van der Waals surface area contributed by atoms with Gasteiger partial charge in [0.05, 0.1) is 6.54 Å². The minimum absolute atomic E-state index is 0.181. The maximum absolute atomic E-state index is 12.6. The average Bonchev–Trinajstić information content (AvgIpc) is 3.22. The van der Waals surface area contributed by atoms with Gasteiger partial charge in [-0.1, -0.05) is 4.99 Å². The summed E-state index contributed by atoms with van der Waals surface area (Å²) in [7, 11) is 3.10. The Balaban J connectivity index is 1.60. The first-order chi connectivity index (χ1) is 12.9. The highest BCUT2D eigenvalue weighted by molar-refractivity contribution is 6.24. The molecule has 4 rings (SSSR count). The van der Waals surface area contributed by atoms with E-state index in [0.717, 1.165) is 10.6 Å². The van der Waals surface area contributed by atoms with E-state index in [2.05, 4.69) is 4.99 Å². The quantitative estimate of drug-likeness (QED) is 0.686. The van der Waals surface area contributed by atoms with Crippen molar-refractivity contribution in [1.82, 2.24) is 9.80 Å². The number of hydrogen-bond acceptors (Lipinski definition) is 6. The molecule has 2 N–H and O–H groups in total. The van der Waals surface area contributed by atoms with Crippen LogP contribution in [0.5, 0.6) is 5.75 Å². The summed E-state index contributed by atoms with van der Waals surface area (Å²) in [5.41, 5.74) is 5.94. The molecule has 3 aliphatic rings. The summed E-state index contributed by atoms with van der Waals surface area (Å²) in [5.74, 6) is 0.812. The first kappa shape index (κ1) is 17.0. The standard InChI is InChI=1S/C17H18N6O4/c1-20-14-13(15(25)21(2)17(20)26)23-8-7-22(16(23)19-14)10-3-5-11(6-4-10)27-9-12(18)24/h3-6,13H,7-9H2,1-2H3,(H-,18,24)/p+1. The van der Waals surface area contributed by atoms with Crippen LogP contribution in [0.3, 0.4) is 0 Å². The van der Waals surface area contributed by atoms with Crippen LogP contribution >= 0.6 is 0 Å². The molecule has 27 heavy (non-hydrogen) atoms. The van der Waals surface area contributed by atoms with Gasteiger partial charge in [-0.3, -0.25) is 19.4 Å². The number of hydrogen-bond donors (Lipinski definition) is 1. The topological polar surface area (TPSA) is 112 Å². The van der Waals surface area contributed by atoms with Crippen molar-refractivity contribution < 1.29 is 23.7 Å². The van der Waals surface area contributed by atoms with Crippen LogP contribution in [0.25, 0.3) is 0 Å². The fraction of sp³-hybridized carbons (Fsp3) is 0.353. The summed E-state index contributed by atoms with van der Waals surface area (Å²) in [6.45, 7) is 1.10. The highest BCUT2D eigenvalue weighted by atomic mass is 16.5. The van der Waals surface area contributed by atoms with Crippen molar-refractivity contribution in [3.05, 3.63) is 24.3 Å². The Morgan fingerprint density at radius 3 is 2.63 bits per heavy atom. The third-order valence-corrected chi connectivity index (χ3v) is 4.85. The smallest absolute Gasteiger partial charge is 0.397 e. The molecule has 0 saturated carbocycles. The second-order valence-corrected chi connectivity index (χ2v) is 6.51. The SMILES string of the molecule is CN1C(=O)C2C(=NC3=[N+]2CCN3c2ccc(OCC(N)=O)cc2)N(C)C1=O. The molecule has 1 fully saturated rings. The van der Waals surface area contributed by atoms with Crippen LogP contribution in [-0.4, -0.2) is 83.8 Å². The molecule has 0 spiro atoms. The van der Waals surface area contributed by atoms with Crippen molar-refractivity contribution in [2.75, 3.05) is 38.7 Å². The highest BCUT2D eigenvalue weighted by Gasteiger charge is 2.54. The normalized spacial score (nSPS) is 21.5. The zero-order chi connectivity index (χ0) is 19.3.